The van der Waals surface area contributed by atoms with Crippen LogP contribution in [0.25, 0.3) is 0 Å². The largest absolute Gasteiger partial charge is 0.356 e. The molecule has 3 rings (SSSR count). The van der Waals surface area contributed by atoms with Gasteiger partial charge in [0.05, 0.1) is 6.54 Å². The van der Waals surface area contributed by atoms with Gasteiger partial charge in [-0.3, -0.25) is 9.59 Å². The second-order valence-electron chi connectivity index (χ2n) is 7.36. The van der Waals surface area contributed by atoms with Crippen molar-refractivity contribution in [2.75, 3.05) is 32.0 Å². The number of carbonyl (C=O) groups excluding carboxylic acids is 2. The van der Waals surface area contributed by atoms with Crippen LogP contribution in [0.3, 0.4) is 0 Å². The van der Waals surface area contributed by atoms with E-state index in [4.69, 9.17) is 0 Å². The number of anilines is 1. The molecule has 2 aromatic rings. The molecule has 2 heterocycles. The highest BCUT2D eigenvalue weighted by atomic mass is 32.2. The summed E-state index contributed by atoms with van der Waals surface area (Å²) in [5.74, 6) is -0.651. The van der Waals surface area contributed by atoms with Crippen molar-refractivity contribution < 1.29 is 18.0 Å². The number of H-pyrrole nitrogens is 1. The Balaban J connectivity index is 1.66. The summed E-state index contributed by atoms with van der Waals surface area (Å²) in [5.41, 5.74) is 2.99. The molecule has 0 spiro atoms. The molecule has 9 heteroatoms. The van der Waals surface area contributed by atoms with Crippen LogP contribution in [0.15, 0.2) is 35.4 Å². The van der Waals surface area contributed by atoms with Crippen LogP contribution in [-0.4, -0.2) is 61.1 Å². The number of aromatic nitrogens is 1. The van der Waals surface area contributed by atoms with E-state index in [1.807, 2.05) is 26.0 Å². The summed E-state index contributed by atoms with van der Waals surface area (Å²) < 4.78 is 26.5. The van der Waals surface area contributed by atoms with E-state index in [-0.39, 0.29) is 23.0 Å². The Morgan fingerprint density at radius 1 is 1.14 bits per heavy atom. The molecule has 1 aromatic heterocycles. The van der Waals surface area contributed by atoms with Crippen molar-refractivity contribution in [2.24, 2.45) is 0 Å². The zero-order valence-corrected chi connectivity index (χ0v) is 17.7. The number of aromatic amines is 1. The molecule has 0 radical (unpaired) electrons. The van der Waals surface area contributed by atoms with Gasteiger partial charge in [-0.1, -0.05) is 6.07 Å². The Morgan fingerprint density at radius 3 is 2.48 bits per heavy atom. The van der Waals surface area contributed by atoms with E-state index < -0.39 is 15.9 Å². The molecular weight excluding hydrogens is 392 g/mol. The number of nitrogens with zero attached hydrogens (tertiary/aromatic N) is 2. The third kappa shape index (κ3) is 4.68. The van der Waals surface area contributed by atoms with E-state index in [1.54, 1.807) is 11.0 Å². The number of amides is 2. The highest BCUT2D eigenvalue weighted by molar-refractivity contribution is 7.89. The number of hydrogen-bond acceptors (Lipinski definition) is 4. The van der Waals surface area contributed by atoms with Gasteiger partial charge in [0.15, 0.2) is 0 Å². The summed E-state index contributed by atoms with van der Waals surface area (Å²) in [6.45, 7) is 4.93. The molecule has 156 valence electrons. The van der Waals surface area contributed by atoms with Gasteiger partial charge in [0, 0.05) is 32.0 Å². The quantitative estimate of drug-likeness (QED) is 0.750. The average Bonchev–Trinajstić information content (AvgIpc) is 3.36. The van der Waals surface area contributed by atoms with E-state index in [1.165, 1.54) is 19.3 Å². The third-order valence-corrected chi connectivity index (χ3v) is 6.93. The van der Waals surface area contributed by atoms with Crippen LogP contribution in [0.1, 0.15) is 34.5 Å². The lowest BCUT2D eigenvalue weighted by molar-refractivity contribution is -0.116. The van der Waals surface area contributed by atoms with Crippen LogP contribution in [0, 0.1) is 13.8 Å². The number of sulfonamides is 1. The standard InChI is InChI=1S/C20H26N4O4S/c1-14-6-7-16(10-15(14)2)22-19(25)13-23(3)29(27,28)17-11-18(21-12-17)20(26)24-8-4-5-9-24/h6-7,10-12,21H,4-5,8-9,13H2,1-3H3,(H,22,25). The normalized spacial score (nSPS) is 14.4. The Kier molecular flexibility index (Phi) is 6.09. The molecule has 0 unspecified atom stereocenters. The maximum absolute atomic E-state index is 12.8. The SMILES string of the molecule is Cc1ccc(NC(=O)CN(C)S(=O)(=O)c2c[nH]c(C(=O)N3CCCC3)c2)cc1C. The molecule has 2 amide bonds. The van der Waals surface area contributed by atoms with Gasteiger partial charge in [-0.25, -0.2) is 8.42 Å². The van der Waals surface area contributed by atoms with Gasteiger partial charge in [-0.2, -0.15) is 4.31 Å². The van der Waals surface area contributed by atoms with Gasteiger partial charge < -0.3 is 15.2 Å². The van der Waals surface area contributed by atoms with Crippen molar-refractivity contribution in [1.82, 2.24) is 14.2 Å². The molecule has 1 saturated heterocycles. The number of likely N-dealkylation sites (tertiary alicyclic amines) is 1. The number of likely N-dealkylation sites (N-methyl/N-ethyl adjacent to an activating group) is 1. The van der Waals surface area contributed by atoms with E-state index in [2.05, 4.69) is 10.3 Å². The summed E-state index contributed by atoms with van der Waals surface area (Å²) in [6.07, 6.45) is 3.20. The molecule has 1 aliphatic heterocycles. The van der Waals surface area contributed by atoms with Crippen molar-refractivity contribution >= 4 is 27.5 Å². The molecule has 8 nitrogen and oxygen atoms in total. The lowest BCUT2D eigenvalue weighted by atomic mass is 10.1. The van der Waals surface area contributed by atoms with Crippen molar-refractivity contribution in [3.05, 3.63) is 47.3 Å². The minimum absolute atomic E-state index is 0.0403. The second-order valence-corrected chi connectivity index (χ2v) is 9.40. The Morgan fingerprint density at radius 2 is 1.83 bits per heavy atom. The smallest absolute Gasteiger partial charge is 0.270 e. The lowest BCUT2D eigenvalue weighted by Crippen LogP contribution is -2.34. The van der Waals surface area contributed by atoms with Crippen LogP contribution in [0.2, 0.25) is 0 Å². The maximum atomic E-state index is 12.8. The number of carbonyl (C=O) groups is 2. The van der Waals surface area contributed by atoms with Gasteiger partial charge in [0.2, 0.25) is 15.9 Å². The predicted molar refractivity (Wildman–Crippen MR) is 110 cm³/mol. The summed E-state index contributed by atoms with van der Waals surface area (Å²) in [5, 5.41) is 2.71. The molecule has 1 fully saturated rings. The highest BCUT2D eigenvalue weighted by Crippen LogP contribution is 2.19. The minimum Gasteiger partial charge on any atom is -0.356 e. The van der Waals surface area contributed by atoms with Crippen molar-refractivity contribution in [1.29, 1.82) is 0 Å². The Hall–Kier alpha value is -2.65. The fourth-order valence-corrected chi connectivity index (χ4v) is 4.35. The second kappa shape index (κ2) is 8.38. The molecular formula is C20H26N4O4S. The van der Waals surface area contributed by atoms with E-state index in [0.29, 0.717) is 18.8 Å². The molecule has 2 N–H and O–H groups in total. The first-order valence-electron chi connectivity index (χ1n) is 9.49. The van der Waals surface area contributed by atoms with Gasteiger partial charge in [0.25, 0.3) is 5.91 Å². The summed E-state index contributed by atoms with van der Waals surface area (Å²) >= 11 is 0. The van der Waals surface area contributed by atoms with Gasteiger partial charge in [0.1, 0.15) is 10.6 Å². The maximum Gasteiger partial charge on any atom is 0.270 e. The number of rotatable bonds is 6. The van der Waals surface area contributed by atoms with Gasteiger partial charge in [-0.05, 0) is 56.0 Å². The fraction of sp³-hybridized carbons (Fsp3) is 0.400. The zero-order valence-electron chi connectivity index (χ0n) is 16.9. The first-order valence-corrected chi connectivity index (χ1v) is 10.9. The minimum atomic E-state index is -3.91. The number of hydrogen-bond donors (Lipinski definition) is 2. The molecule has 0 atom stereocenters. The molecule has 1 aliphatic rings. The highest BCUT2D eigenvalue weighted by Gasteiger charge is 2.27. The molecule has 1 aromatic carbocycles. The van der Waals surface area contributed by atoms with E-state index >= 15 is 0 Å². The molecule has 0 bridgehead atoms. The van der Waals surface area contributed by atoms with Crippen molar-refractivity contribution in [2.45, 2.75) is 31.6 Å². The van der Waals surface area contributed by atoms with Crippen molar-refractivity contribution in [3.8, 4) is 0 Å². The van der Waals surface area contributed by atoms with Crippen LogP contribution >= 0.6 is 0 Å². The number of nitrogens with one attached hydrogen (secondary N) is 2. The predicted octanol–water partition coefficient (Wildman–Crippen LogP) is 2.13. The zero-order chi connectivity index (χ0) is 21.2. The fourth-order valence-electron chi connectivity index (χ4n) is 3.22. The average molecular weight is 419 g/mol. The lowest BCUT2D eigenvalue weighted by Gasteiger charge is -2.16. The summed E-state index contributed by atoms with van der Waals surface area (Å²) in [6, 6.07) is 6.83. The summed E-state index contributed by atoms with van der Waals surface area (Å²) in [4.78, 5) is 29.1. The first kappa shape index (κ1) is 21.1. The molecule has 29 heavy (non-hydrogen) atoms. The van der Waals surface area contributed by atoms with Crippen LogP contribution in [-0.2, 0) is 14.8 Å². The monoisotopic (exact) mass is 418 g/mol. The van der Waals surface area contributed by atoms with Crippen LogP contribution in [0.4, 0.5) is 5.69 Å². The first-order chi connectivity index (χ1) is 13.7. The van der Waals surface area contributed by atoms with Crippen LogP contribution < -0.4 is 5.32 Å². The van der Waals surface area contributed by atoms with E-state index in [9.17, 15) is 18.0 Å². The number of aryl methyl sites for hydroxylation is 2. The van der Waals surface area contributed by atoms with E-state index in [0.717, 1.165) is 28.3 Å². The number of benzene rings is 1. The topological polar surface area (TPSA) is 103 Å². The van der Waals surface area contributed by atoms with Gasteiger partial charge in [-0.15, -0.1) is 0 Å². The summed E-state index contributed by atoms with van der Waals surface area (Å²) in [7, 11) is -2.57. The van der Waals surface area contributed by atoms with Gasteiger partial charge >= 0.3 is 0 Å². The molecule has 0 saturated carbocycles. The van der Waals surface area contributed by atoms with Crippen molar-refractivity contribution in [3.63, 3.8) is 0 Å². The third-order valence-electron chi connectivity index (χ3n) is 5.15. The Labute approximate surface area is 170 Å². The van der Waals surface area contributed by atoms with Crippen LogP contribution in [0.5, 0.6) is 0 Å². The Bertz CT molecular complexity index is 1020. The molecule has 0 aliphatic carbocycles.